The molecule has 3 atom stereocenters. The normalized spacial score (nSPS) is 40.7. The van der Waals surface area contributed by atoms with Gasteiger partial charge in [-0.15, -0.1) is 0 Å². The topological polar surface area (TPSA) is 23.8 Å². The first kappa shape index (κ1) is 7.53. The molecule has 1 aliphatic carbocycles. The molecule has 10 heavy (non-hydrogen) atoms. The van der Waals surface area contributed by atoms with E-state index in [0.29, 0.717) is 12.3 Å². The summed E-state index contributed by atoms with van der Waals surface area (Å²) in [4.78, 5) is 0. The fourth-order valence-electron chi connectivity index (χ4n) is 1.48. The molecule has 1 saturated carbocycles. The van der Waals surface area contributed by atoms with Crippen LogP contribution in [0.4, 0.5) is 4.39 Å². The molecule has 0 radical (unpaired) electrons. The van der Waals surface area contributed by atoms with Crippen molar-refractivity contribution in [3.8, 4) is 6.07 Å². The van der Waals surface area contributed by atoms with Gasteiger partial charge in [0.2, 0.25) is 0 Å². The summed E-state index contributed by atoms with van der Waals surface area (Å²) in [5.41, 5.74) is 0. The van der Waals surface area contributed by atoms with E-state index in [4.69, 9.17) is 5.26 Å². The zero-order valence-electron chi connectivity index (χ0n) is 6.18. The standard InChI is InChI=1S/C8H12FN/c1-6-2-3-8(9)7(4-6)5-10/h6-8H,2-4H2,1H3/t6?,7?,8-/m0/s1. The highest BCUT2D eigenvalue weighted by molar-refractivity contribution is 4.92. The summed E-state index contributed by atoms with van der Waals surface area (Å²) in [6, 6.07) is 2.01. The van der Waals surface area contributed by atoms with Crippen molar-refractivity contribution in [1.29, 1.82) is 5.26 Å². The lowest BCUT2D eigenvalue weighted by Gasteiger charge is -2.24. The SMILES string of the molecule is CC1CC[C@H](F)C(C#N)C1. The summed E-state index contributed by atoms with van der Waals surface area (Å²) in [6.45, 7) is 2.08. The molecule has 0 spiro atoms. The molecule has 1 aliphatic rings. The lowest BCUT2D eigenvalue weighted by molar-refractivity contribution is 0.170. The average molecular weight is 141 g/mol. The highest BCUT2D eigenvalue weighted by Gasteiger charge is 2.27. The number of nitriles is 1. The Kier molecular flexibility index (Phi) is 2.26. The summed E-state index contributed by atoms with van der Waals surface area (Å²) in [5.74, 6) is 0.209. The van der Waals surface area contributed by atoms with Crippen LogP contribution in [0.1, 0.15) is 26.2 Å². The fraction of sp³-hybridized carbons (Fsp3) is 0.875. The highest BCUT2D eigenvalue weighted by Crippen LogP contribution is 2.30. The predicted octanol–water partition coefficient (Wildman–Crippen LogP) is 2.28. The summed E-state index contributed by atoms with van der Waals surface area (Å²) in [7, 11) is 0. The van der Waals surface area contributed by atoms with Gasteiger partial charge in [0.1, 0.15) is 6.17 Å². The number of alkyl halides is 1. The number of hydrogen-bond acceptors (Lipinski definition) is 1. The molecule has 0 aliphatic heterocycles. The van der Waals surface area contributed by atoms with Gasteiger partial charge in [-0.05, 0) is 25.2 Å². The van der Waals surface area contributed by atoms with Crippen molar-refractivity contribution in [2.45, 2.75) is 32.4 Å². The average Bonchev–Trinajstić information content (AvgIpc) is 1.94. The molecule has 0 aromatic heterocycles. The van der Waals surface area contributed by atoms with E-state index in [1.165, 1.54) is 0 Å². The second-order valence-corrected chi connectivity index (χ2v) is 3.17. The van der Waals surface area contributed by atoms with Crippen molar-refractivity contribution in [1.82, 2.24) is 0 Å². The molecule has 0 aromatic rings. The molecular formula is C8H12FN. The predicted molar refractivity (Wildman–Crippen MR) is 37.0 cm³/mol. The first-order chi connectivity index (χ1) is 4.74. The van der Waals surface area contributed by atoms with Gasteiger partial charge in [-0.2, -0.15) is 5.26 Å². The van der Waals surface area contributed by atoms with Crippen LogP contribution in [0.3, 0.4) is 0 Å². The third kappa shape index (κ3) is 1.47. The third-order valence-electron chi connectivity index (χ3n) is 2.19. The Bertz CT molecular complexity index is 150. The van der Waals surface area contributed by atoms with Gasteiger partial charge < -0.3 is 0 Å². The quantitative estimate of drug-likeness (QED) is 0.507. The second kappa shape index (κ2) is 3.01. The summed E-state index contributed by atoms with van der Waals surface area (Å²) >= 11 is 0. The van der Waals surface area contributed by atoms with Crippen molar-refractivity contribution >= 4 is 0 Å². The van der Waals surface area contributed by atoms with Gasteiger partial charge >= 0.3 is 0 Å². The van der Waals surface area contributed by atoms with Gasteiger partial charge in [0, 0.05) is 0 Å². The van der Waals surface area contributed by atoms with Crippen LogP contribution in [0.25, 0.3) is 0 Å². The molecule has 0 heterocycles. The van der Waals surface area contributed by atoms with Crippen molar-refractivity contribution in [2.24, 2.45) is 11.8 Å². The van der Waals surface area contributed by atoms with Crippen LogP contribution in [0.2, 0.25) is 0 Å². The van der Waals surface area contributed by atoms with E-state index in [-0.39, 0.29) is 5.92 Å². The summed E-state index contributed by atoms with van der Waals surface area (Å²) in [5, 5.41) is 8.49. The maximum Gasteiger partial charge on any atom is 0.116 e. The van der Waals surface area contributed by atoms with E-state index in [1.807, 2.05) is 6.07 Å². The van der Waals surface area contributed by atoms with Crippen LogP contribution in [0.15, 0.2) is 0 Å². The van der Waals surface area contributed by atoms with Crippen LogP contribution < -0.4 is 0 Å². The minimum absolute atomic E-state index is 0.330. The van der Waals surface area contributed by atoms with E-state index in [0.717, 1.165) is 12.8 Å². The first-order valence-corrected chi connectivity index (χ1v) is 3.77. The Morgan fingerprint density at radius 2 is 2.20 bits per heavy atom. The van der Waals surface area contributed by atoms with Crippen LogP contribution in [-0.2, 0) is 0 Å². The molecule has 0 aromatic carbocycles. The lowest BCUT2D eigenvalue weighted by atomic mass is 9.82. The van der Waals surface area contributed by atoms with Crippen LogP contribution >= 0.6 is 0 Å². The maximum atomic E-state index is 12.8. The molecule has 1 fully saturated rings. The van der Waals surface area contributed by atoms with Crippen molar-refractivity contribution < 1.29 is 4.39 Å². The lowest BCUT2D eigenvalue weighted by Crippen LogP contribution is -2.23. The Balaban J connectivity index is 2.47. The zero-order chi connectivity index (χ0) is 7.56. The molecule has 2 unspecified atom stereocenters. The Morgan fingerprint density at radius 3 is 2.70 bits per heavy atom. The minimum atomic E-state index is -0.860. The molecule has 2 heteroatoms. The van der Waals surface area contributed by atoms with E-state index >= 15 is 0 Å². The molecular weight excluding hydrogens is 129 g/mol. The Hall–Kier alpha value is -0.580. The van der Waals surface area contributed by atoms with Crippen LogP contribution in [0.5, 0.6) is 0 Å². The van der Waals surface area contributed by atoms with E-state index < -0.39 is 6.17 Å². The summed E-state index contributed by atoms with van der Waals surface area (Å²) < 4.78 is 12.8. The maximum absolute atomic E-state index is 12.8. The molecule has 0 bridgehead atoms. The minimum Gasteiger partial charge on any atom is -0.246 e. The van der Waals surface area contributed by atoms with Crippen molar-refractivity contribution in [2.75, 3.05) is 0 Å². The summed E-state index contributed by atoms with van der Waals surface area (Å²) in [6.07, 6.45) is 1.41. The van der Waals surface area contributed by atoms with Gasteiger partial charge in [-0.3, -0.25) is 0 Å². The number of halogens is 1. The molecule has 56 valence electrons. The van der Waals surface area contributed by atoms with Gasteiger partial charge in [0.05, 0.1) is 12.0 Å². The van der Waals surface area contributed by atoms with Gasteiger partial charge in [0.15, 0.2) is 0 Å². The van der Waals surface area contributed by atoms with Crippen LogP contribution in [-0.4, -0.2) is 6.17 Å². The largest absolute Gasteiger partial charge is 0.246 e. The van der Waals surface area contributed by atoms with E-state index in [1.54, 1.807) is 0 Å². The van der Waals surface area contributed by atoms with E-state index in [9.17, 15) is 4.39 Å². The van der Waals surface area contributed by atoms with Gasteiger partial charge in [-0.25, -0.2) is 4.39 Å². The van der Waals surface area contributed by atoms with Gasteiger partial charge in [-0.1, -0.05) is 6.92 Å². The molecule has 0 saturated heterocycles. The monoisotopic (exact) mass is 141 g/mol. The first-order valence-electron chi connectivity index (χ1n) is 3.77. The zero-order valence-corrected chi connectivity index (χ0v) is 6.18. The van der Waals surface area contributed by atoms with Crippen molar-refractivity contribution in [3.63, 3.8) is 0 Å². The van der Waals surface area contributed by atoms with E-state index in [2.05, 4.69) is 6.92 Å². The number of rotatable bonds is 0. The number of nitrogens with zero attached hydrogens (tertiary/aromatic N) is 1. The van der Waals surface area contributed by atoms with Crippen LogP contribution in [0, 0.1) is 23.2 Å². The number of hydrogen-bond donors (Lipinski definition) is 0. The highest BCUT2D eigenvalue weighted by atomic mass is 19.1. The smallest absolute Gasteiger partial charge is 0.116 e. The Morgan fingerprint density at radius 1 is 1.50 bits per heavy atom. The molecule has 0 N–H and O–H groups in total. The third-order valence-corrected chi connectivity index (χ3v) is 2.19. The molecule has 1 nitrogen and oxygen atoms in total. The second-order valence-electron chi connectivity index (χ2n) is 3.17. The molecule has 1 rings (SSSR count). The molecule has 0 amide bonds. The van der Waals surface area contributed by atoms with Crippen molar-refractivity contribution in [3.05, 3.63) is 0 Å². The fourth-order valence-corrected chi connectivity index (χ4v) is 1.48. The van der Waals surface area contributed by atoms with Gasteiger partial charge in [0.25, 0.3) is 0 Å². The Labute approximate surface area is 60.8 Å².